The van der Waals surface area contributed by atoms with E-state index < -0.39 is 0 Å². The van der Waals surface area contributed by atoms with E-state index in [1.54, 1.807) is 0 Å². The molecule has 0 aliphatic heterocycles. The van der Waals surface area contributed by atoms with Crippen LogP contribution in [0.15, 0.2) is 24.5 Å². The van der Waals surface area contributed by atoms with Crippen molar-refractivity contribution >= 4 is 11.8 Å². The van der Waals surface area contributed by atoms with Crippen LogP contribution in [0.25, 0.3) is 0 Å². The first kappa shape index (κ1) is 10.1. The highest BCUT2D eigenvalue weighted by Gasteiger charge is 2.03. The van der Waals surface area contributed by atoms with Crippen LogP contribution in [-0.2, 0) is 0 Å². The first-order chi connectivity index (χ1) is 6.34. The van der Waals surface area contributed by atoms with Gasteiger partial charge in [0.15, 0.2) is 0 Å². The van der Waals surface area contributed by atoms with Crippen LogP contribution in [-0.4, -0.2) is 10.7 Å². The highest BCUT2D eigenvalue weighted by molar-refractivity contribution is 8.03. The Kier molecular flexibility index (Phi) is 4.34. The number of hydrogen-bond acceptors (Lipinski definition) is 3. The van der Waals surface area contributed by atoms with Crippen LogP contribution in [0, 0.1) is 10.7 Å². The molecule has 0 aromatic carbocycles. The van der Waals surface area contributed by atoms with Gasteiger partial charge in [0.2, 0.25) is 0 Å². The molecule has 2 nitrogen and oxygen atoms in total. The molecule has 1 unspecified atom stereocenters. The van der Waals surface area contributed by atoms with Gasteiger partial charge in [-0.1, -0.05) is 6.92 Å². The molecule has 0 N–H and O–H groups in total. The first-order valence-electron chi connectivity index (χ1n) is 4.25. The van der Waals surface area contributed by atoms with E-state index in [0.717, 1.165) is 12.2 Å². The van der Waals surface area contributed by atoms with Gasteiger partial charge in [0, 0.05) is 18.1 Å². The van der Waals surface area contributed by atoms with Crippen molar-refractivity contribution < 1.29 is 0 Å². The molecule has 0 bridgehead atoms. The zero-order valence-electron chi connectivity index (χ0n) is 7.60. The average molecular weight is 192 g/mol. The van der Waals surface area contributed by atoms with Crippen LogP contribution in [0.3, 0.4) is 0 Å². The predicted molar refractivity (Wildman–Crippen MR) is 55.3 cm³/mol. The van der Waals surface area contributed by atoms with Crippen LogP contribution in [0.1, 0.15) is 24.8 Å². The van der Waals surface area contributed by atoms with Crippen molar-refractivity contribution in [1.29, 1.82) is 5.26 Å². The van der Waals surface area contributed by atoms with Crippen molar-refractivity contribution in [3.63, 3.8) is 0 Å². The number of thioether (sulfide) groups is 1. The lowest BCUT2D eigenvalue weighted by Gasteiger charge is -2.09. The van der Waals surface area contributed by atoms with Gasteiger partial charge in [-0.2, -0.15) is 5.26 Å². The summed E-state index contributed by atoms with van der Waals surface area (Å²) >= 11 is 1.32. The minimum atomic E-state index is 0.517. The molecule has 68 valence electrons. The van der Waals surface area contributed by atoms with Crippen LogP contribution < -0.4 is 0 Å². The fraction of sp³-hybridized carbons (Fsp3) is 0.400. The second kappa shape index (κ2) is 5.60. The van der Waals surface area contributed by atoms with Crippen molar-refractivity contribution in [1.82, 2.24) is 4.98 Å². The van der Waals surface area contributed by atoms with Gasteiger partial charge >= 0.3 is 0 Å². The zero-order valence-corrected chi connectivity index (χ0v) is 8.42. The van der Waals surface area contributed by atoms with E-state index in [1.807, 2.05) is 24.5 Å². The normalized spacial score (nSPS) is 12.0. The molecule has 13 heavy (non-hydrogen) atoms. The van der Waals surface area contributed by atoms with Crippen LogP contribution >= 0.6 is 11.8 Å². The lowest BCUT2D eigenvalue weighted by atomic mass is 10.0. The first-order valence-corrected chi connectivity index (χ1v) is 5.24. The third-order valence-electron chi connectivity index (χ3n) is 1.99. The Balaban J connectivity index is 2.41. The van der Waals surface area contributed by atoms with E-state index in [1.165, 1.54) is 17.3 Å². The van der Waals surface area contributed by atoms with E-state index in [9.17, 15) is 0 Å². The lowest BCUT2D eigenvalue weighted by molar-refractivity contribution is 0.740. The van der Waals surface area contributed by atoms with Crippen LogP contribution in [0.5, 0.6) is 0 Å². The summed E-state index contributed by atoms with van der Waals surface area (Å²) < 4.78 is 0. The number of rotatable bonds is 4. The van der Waals surface area contributed by atoms with Gasteiger partial charge in [-0.15, -0.1) is 0 Å². The highest BCUT2D eigenvalue weighted by atomic mass is 32.2. The molecule has 3 heteroatoms. The van der Waals surface area contributed by atoms with Gasteiger partial charge < -0.3 is 0 Å². The maximum atomic E-state index is 8.35. The monoisotopic (exact) mass is 192 g/mol. The summed E-state index contributed by atoms with van der Waals surface area (Å²) in [6.45, 7) is 2.17. The Morgan fingerprint density at radius 3 is 2.85 bits per heavy atom. The van der Waals surface area contributed by atoms with Gasteiger partial charge in [0.1, 0.15) is 5.40 Å². The molecule has 0 spiro atoms. The molecule has 0 aliphatic rings. The molecular formula is C10H12N2S. The maximum absolute atomic E-state index is 8.35. The number of aromatic nitrogens is 1. The molecule has 1 rings (SSSR count). The number of thiocyanates is 1. The van der Waals surface area contributed by atoms with E-state index in [4.69, 9.17) is 5.26 Å². The number of nitriles is 1. The fourth-order valence-corrected chi connectivity index (χ4v) is 1.70. The second-order valence-electron chi connectivity index (χ2n) is 2.91. The SMILES string of the molecule is CC(CCSC#N)c1ccncc1. The minimum absolute atomic E-state index is 0.517. The Hall–Kier alpha value is -1.01. The molecule has 0 fully saturated rings. The summed E-state index contributed by atoms with van der Waals surface area (Å²) in [5.41, 5.74) is 1.30. The molecule has 1 heterocycles. The third kappa shape index (κ3) is 3.47. The standard InChI is InChI=1S/C10H12N2S/c1-9(4-7-13-8-11)10-2-5-12-6-3-10/h2-3,5-6,9H,4,7H2,1H3. The smallest absolute Gasteiger partial charge is 0.133 e. The Bertz CT molecular complexity index is 279. The largest absolute Gasteiger partial charge is 0.265 e. The summed E-state index contributed by atoms with van der Waals surface area (Å²) in [6, 6.07) is 4.06. The van der Waals surface area contributed by atoms with E-state index >= 15 is 0 Å². The van der Waals surface area contributed by atoms with Crippen molar-refractivity contribution in [3.8, 4) is 5.40 Å². The zero-order chi connectivity index (χ0) is 9.52. The molecule has 0 aliphatic carbocycles. The summed E-state index contributed by atoms with van der Waals surface area (Å²) in [6.07, 6.45) is 4.66. The molecule has 0 saturated heterocycles. The Morgan fingerprint density at radius 1 is 1.54 bits per heavy atom. The van der Waals surface area contributed by atoms with Crippen LogP contribution in [0.2, 0.25) is 0 Å². The molecule has 0 amide bonds. The van der Waals surface area contributed by atoms with E-state index in [2.05, 4.69) is 17.3 Å². The Morgan fingerprint density at radius 2 is 2.23 bits per heavy atom. The summed E-state index contributed by atoms with van der Waals surface area (Å²) in [5, 5.41) is 10.4. The molecule has 1 aromatic heterocycles. The summed E-state index contributed by atoms with van der Waals surface area (Å²) in [7, 11) is 0. The van der Waals surface area contributed by atoms with Crippen molar-refractivity contribution in [2.24, 2.45) is 0 Å². The molecule has 1 aromatic rings. The van der Waals surface area contributed by atoms with Crippen LogP contribution in [0.4, 0.5) is 0 Å². The van der Waals surface area contributed by atoms with Gasteiger partial charge in [0.25, 0.3) is 0 Å². The van der Waals surface area contributed by atoms with Gasteiger partial charge in [0.05, 0.1) is 0 Å². The van der Waals surface area contributed by atoms with E-state index in [-0.39, 0.29) is 0 Å². The average Bonchev–Trinajstić information content (AvgIpc) is 2.19. The summed E-state index contributed by atoms with van der Waals surface area (Å²) in [4.78, 5) is 3.97. The number of nitrogens with zero attached hydrogens (tertiary/aromatic N) is 2. The van der Waals surface area contributed by atoms with E-state index in [0.29, 0.717) is 5.92 Å². The lowest BCUT2D eigenvalue weighted by Crippen LogP contribution is -1.94. The molecular weight excluding hydrogens is 180 g/mol. The predicted octanol–water partition coefficient (Wildman–Crippen LogP) is 2.79. The van der Waals surface area contributed by atoms with Gasteiger partial charge in [-0.3, -0.25) is 4.98 Å². The molecule has 0 radical (unpaired) electrons. The van der Waals surface area contributed by atoms with Gasteiger partial charge in [-0.25, -0.2) is 0 Å². The van der Waals surface area contributed by atoms with Crippen molar-refractivity contribution in [3.05, 3.63) is 30.1 Å². The van der Waals surface area contributed by atoms with Crippen molar-refractivity contribution in [2.45, 2.75) is 19.3 Å². The quantitative estimate of drug-likeness (QED) is 0.543. The highest BCUT2D eigenvalue weighted by Crippen LogP contribution is 2.19. The number of hydrogen-bond donors (Lipinski definition) is 0. The maximum Gasteiger partial charge on any atom is 0.133 e. The third-order valence-corrected chi connectivity index (χ3v) is 2.56. The minimum Gasteiger partial charge on any atom is -0.265 e. The van der Waals surface area contributed by atoms with Crippen molar-refractivity contribution in [2.75, 3.05) is 5.75 Å². The second-order valence-corrected chi connectivity index (χ2v) is 3.79. The van der Waals surface area contributed by atoms with Gasteiger partial charge in [-0.05, 0) is 41.8 Å². The fourth-order valence-electron chi connectivity index (χ4n) is 1.14. The topological polar surface area (TPSA) is 36.7 Å². The molecule has 1 atom stereocenters. The number of pyridine rings is 1. The Labute approximate surface area is 83.0 Å². The summed E-state index contributed by atoms with van der Waals surface area (Å²) in [5.74, 6) is 1.42. The molecule has 0 saturated carbocycles.